The summed E-state index contributed by atoms with van der Waals surface area (Å²) in [4.78, 5) is 21.6. The van der Waals surface area contributed by atoms with Crippen molar-refractivity contribution >= 4 is 11.9 Å². The number of halogens is 3. The standard InChI is InChI=1S/C9H14F3NO3/c1-2-16-8(15)7(14)13-6-4-3-5-9(10,11)12/h2-6H2,1H3,(H,13,14). The fraction of sp³-hybridized carbons (Fsp3) is 0.778. The zero-order chi connectivity index (χ0) is 12.6. The molecule has 0 aromatic heterocycles. The Morgan fingerprint density at radius 1 is 1.25 bits per heavy atom. The van der Waals surface area contributed by atoms with Gasteiger partial charge in [-0.05, 0) is 19.8 Å². The SMILES string of the molecule is CCOC(=O)C(=O)NCCCCC(F)(F)F. The van der Waals surface area contributed by atoms with Crippen LogP contribution in [0.15, 0.2) is 0 Å². The quantitative estimate of drug-likeness (QED) is 0.449. The van der Waals surface area contributed by atoms with Crippen molar-refractivity contribution in [2.24, 2.45) is 0 Å². The molecule has 0 spiro atoms. The van der Waals surface area contributed by atoms with Crippen LogP contribution in [0.1, 0.15) is 26.2 Å². The molecule has 0 unspecified atom stereocenters. The third-order valence-corrected chi connectivity index (χ3v) is 1.63. The summed E-state index contributed by atoms with van der Waals surface area (Å²) in [5, 5.41) is 2.17. The van der Waals surface area contributed by atoms with E-state index in [4.69, 9.17) is 0 Å². The molecule has 0 aliphatic rings. The third-order valence-electron chi connectivity index (χ3n) is 1.63. The van der Waals surface area contributed by atoms with Crippen molar-refractivity contribution in [1.82, 2.24) is 5.32 Å². The third kappa shape index (κ3) is 8.07. The highest BCUT2D eigenvalue weighted by Crippen LogP contribution is 2.21. The van der Waals surface area contributed by atoms with E-state index >= 15 is 0 Å². The molecule has 7 heteroatoms. The highest BCUT2D eigenvalue weighted by Gasteiger charge is 2.25. The maximum atomic E-state index is 11.7. The van der Waals surface area contributed by atoms with Crippen LogP contribution in [0.25, 0.3) is 0 Å². The predicted octanol–water partition coefficient (Wildman–Crippen LogP) is 1.40. The molecule has 1 amide bonds. The van der Waals surface area contributed by atoms with Gasteiger partial charge in [-0.2, -0.15) is 13.2 Å². The molecule has 0 saturated carbocycles. The van der Waals surface area contributed by atoms with E-state index in [1.807, 2.05) is 0 Å². The molecule has 0 aliphatic heterocycles. The van der Waals surface area contributed by atoms with Crippen LogP contribution in [0.2, 0.25) is 0 Å². The maximum Gasteiger partial charge on any atom is 0.396 e. The Hall–Kier alpha value is -1.27. The fourth-order valence-electron chi connectivity index (χ4n) is 0.921. The Balaban J connectivity index is 3.52. The lowest BCUT2D eigenvalue weighted by atomic mass is 10.2. The Labute approximate surface area is 91.1 Å². The van der Waals surface area contributed by atoms with Gasteiger partial charge in [0.1, 0.15) is 0 Å². The lowest BCUT2D eigenvalue weighted by Gasteiger charge is -2.06. The number of carbonyl (C=O) groups excluding carboxylic acids is 2. The van der Waals surface area contributed by atoms with Gasteiger partial charge in [-0.15, -0.1) is 0 Å². The summed E-state index contributed by atoms with van der Waals surface area (Å²) in [5.74, 6) is -1.94. The molecule has 0 radical (unpaired) electrons. The van der Waals surface area contributed by atoms with Crippen LogP contribution < -0.4 is 5.32 Å². The molecule has 0 aromatic rings. The Morgan fingerprint density at radius 3 is 2.38 bits per heavy atom. The summed E-state index contributed by atoms with van der Waals surface area (Å²) in [7, 11) is 0. The van der Waals surface area contributed by atoms with Gasteiger partial charge in [0.15, 0.2) is 0 Å². The molecule has 0 rings (SSSR count). The van der Waals surface area contributed by atoms with E-state index < -0.39 is 24.5 Å². The molecule has 0 fully saturated rings. The lowest BCUT2D eigenvalue weighted by Crippen LogP contribution is -2.33. The van der Waals surface area contributed by atoms with Crippen molar-refractivity contribution in [3.63, 3.8) is 0 Å². The van der Waals surface area contributed by atoms with Crippen molar-refractivity contribution in [3.8, 4) is 0 Å². The van der Waals surface area contributed by atoms with E-state index in [1.54, 1.807) is 6.92 Å². The van der Waals surface area contributed by atoms with Crippen LogP contribution in [0.4, 0.5) is 13.2 Å². The summed E-state index contributed by atoms with van der Waals surface area (Å²) in [6, 6.07) is 0. The molecule has 0 atom stereocenters. The molecule has 94 valence electrons. The first-order valence-electron chi connectivity index (χ1n) is 4.88. The lowest BCUT2D eigenvalue weighted by molar-refractivity contribution is -0.154. The second kappa shape index (κ2) is 7.08. The number of alkyl halides is 3. The second-order valence-electron chi connectivity index (χ2n) is 3.05. The summed E-state index contributed by atoms with van der Waals surface area (Å²) < 4.78 is 39.5. The number of amides is 1. The molecule has 0 saturated heterocycles. The first kappa shape index (κ1) is 14.7. The highest BCUT2D eigenvalue weighted by molar-refractivity contribution is 6.32. The summed E-state index contributed by atoms with van der Waals surface area (Å²) >= 11 is 0. The monoisotopic (exact) mass is 241 g/mol. The van der Waals surface area contributed by atoms with Gasteiger partial charge in [0, 0.05) is 13.0 Å². The zero-order valence-corrected chi connectivity index (χ0v) is 8.89. The van der Waals surface area contributed by atoms with Crippen LogP contribution in [-0.2, 0) is 14.3 Å². The van der Waals surface area contributed by atoms with Crippen LogP contribution in [-0.4, -0.2) is 31.2 Å². The largest absolute Gasteiger partial charge is 0.459 e. The van der Waals surface area contributed by atoms with E-state index in [1.165, 1.54) is 0 Å². The second-order valence-corrected chi connectivity index (χ2v) is 3.05. The van der Waals surface area contributed by atoms with Gasteiger partial charge in [0.05, 0.1) is 6.61 Å². The van der Waals surface area contributed by atoms with Crippen LogP contribution >= 0.6 is 0 Å². The molecule has 0 heterocycles. The van der Waals surface area contributed by atoms with Crippen LogP contribution in [0.3, 0.4) is 0 Å². The number of nitrogens with one attached hydrogen (secondary N) is 1. The minimum atomic E-state index is -4.18. The van der Waals surface area contributed by atoms with Gasteiger partial charge in [0.2, 0.25) is 0 Å². The minimum absolute atomic E-state index is 0.0354. The van der Waals surface area contributed by atoms with Crippen molar-refractivity contribution in [1.29, 1.82) is 0 Å². The maximum absolute atomic E-state index is 11.7. The number of carbonyl (C=O) groups is 2. The summed E-state index contributed by atoms with van der Waals surface area (Å²) in [6.45, 7) is 1.67. The van der Waals surface area contributed by atoms with Gasteiger partial charge < -0.3 is 10.1 Å². The summed E-state index contributed by atoms with van der Waals surface area (Å²) in [6.07, 6.45) is -4.97. The van der Waals surface area contributed by atoms with Gasteiger partial charge in [0.25, 0.3) is 0 Å². The topological polar surface area (TPSA) is 55.4 Å². The smallest absolute Gasteiger partial charge is 0.396 e. The number of unbranched alkanes of at least 4 members (excludes halogenated alkanes) is 1. The Kier molecular flexibility index (Phi) is 6.52. The first-order chi connectivity index (χ1) is 7.37. The number of hydrogen-bond acceptors (Lipinski definition) is 3. The Bertz CT molecular complexity index is 241. The van der Waals surface area contributed by atoms with Gasteiger partial charge >= 0.3 is 18.1 Å². The normalized spacial score (nSPS) is 11.0. The number of esters is 1. The van der Waals surface area contributed by atoms with Crippen molar-refractivity contribution in [2.45, 2.75) is 32.4 Å². The van der Waals surface area contributed by atoms with E-state index in [2.05, 4.69) is 10.1 Å². The molecule has 16 heavy (non-hydrogen) atoms. The Morgan fingerprint density at radius 2 is 1.88 bits per heavy atom. The van der Waals surface area contributed by atoms with Crippen molar-refractivity contribution in [3.05, 3.63) is 0 Å². The van der Waals surface area contributed by atoms with E-state index in [0.29, 0.717) is 0 Å². The first-order valence-corrected chi connectivity index (χ1v) is 4.88. The average Bonchev–Trinajstić information content (AvgIpc) is 2.15. The van der Waals surface area contributed by atoms with Crippen molar-refractivity contribution < 1.29 is 27.5 Å². The molecular weight excluding hydrogens is 227 g/mol. The van der Waals surface area contributed by atoms with Crippen molar-refractivity contribution in [2.75, 3.05) is 13.2 Å². The molecule has 0 aliphatic carbocycles. The van der Waals surface area contributed by atoms with Crippen LogP contribution in [0.5, 0.6) is 0 Å². The van der Waals surface area contributed by atoms with Crippen LogP contribution in [0, 0.1) is 0 Å². The number of hydrogen-bond donors (Lipinski definition) is 1. The fourth-order valence-corrected chi connectivity index (χ4v) is 0.921. The molecule has 0 aromatic carbocycles. The van der Waals surface area contributed by atoms with E-state index in [-0.39, 0.29) is 26.0 Å². The number of ether oxygens (including phenoxy) is 1. The minimum Gasteiger partial charge on any atom is -0.459 e. The average molecular weight is 241 g/mol. The van der Waals surface area contributed by atoms with Gasteiger partial charge in [-0.25, -0.2) is 4.79 Å². The molecule has 1 N–H and O–H groups in total. The van der Waals surface area contributed by atoms with E-state index in [0.717, 1.165) is 0 Å². The zero-order valence-electron chi connectivity index (χ0n) is 8.89. The highest BCUT2D eigenvalue weighted by atomic mass is 19.4. The summed E-state index contributed by atoms with van der Waals surface area (Å²) in [5.41, 5.74) is 0. The molecule has 4 nitrogen and oxygen atoms in total. The van der Waals surface area contributed by atoms with E-state index in [9.17, 15) is 22.8 Å². The number of rotatable bonds is 5. The van der Waals surface area contributed by atoms with Gasteiger partial charge in [-0.1, -0.05) is 0 Å². The molecule has 0 bridgehead atoms. The van der Waals surface area contributed by atoms with Gasteiger partial charge in [-0.3, -0.25) is 4.79 Å². The molecular formula is C9H14F3NO3. The predicted molar refractivity (Wildman–Crippen MR) is 49.5 cm³/mol.